The number of primary amides is 1. The van der Waals surface area contributed by atoms with Gasteiger partial charge in [0.15, 0.2) is 11.5 Å². The van der Waals surface area contributed by atoms with Crippen LogP contribution in [0.4, 0.5) is 14.5 Å². The molecule has 40 heavy (non-hydrogen) atoms. The van der Waals surface area contributed by atoms with Crippen LogP contribution in [0.15, 0.2) is 36.5 Å². The van der Waals surface area contributed by atoms with Gasteiger partial charge in [-0.25, -0.2) is 13.8 Å². The summed E-state index contributed by atoms with van der Waals surface area (Å²) in [5.41, 5.74) is 8.14. The molecule has 2 amide bonds. The Labute approximate surface area is 228 Å². The van der Waals surface area contributed by atoms with Crippen LogP contribution in [0.5, 0.6) is 11.5 Å². The molecule has 5 heterocycles. The topological polar surface area (TPSA) is 150 Å². The molecule has 0 fully saturated rings. The van der Waals surface area contributed by atoms with Gasteiger partial charge in [-0.2, -0.15) is 10.2 Å². The molecule has 0 bridgehead atoms. The molecule has 14 heteroatoms. The van der Waals surface area contributed by atoms with Gasteiger partial charge in [0.25, 0.3) is 18.2 Å². The number of pyridine rings is 1. The number of aromatic amines is 1. The zero-order valence-corrected chi connectivity index (χ0v) is 21.9. The lowest BCUT2D eigenvalue weighted by molar-refractivity contribution is 0.100. The largest absolute Gasteiger partial charge is 0.454 e. The third kappa shape index (κ3) is 4.22. The summed E-state index contributed by atoms with van der Waals surface area (Å²) >= 11 is 0.829. The van der Waals surface area contributed by atoms with Crippen molar-refractivity contribution in [2.75, 3.05) is 12.1 Å². The number of alkyl halides is 2. The lowest BCUT2D eigenvalue weighted by Gasteiger charge is -2.10. The number of halogens is 2. The second kappa shape index (κ2) is 9.72. The summed E-state index contributed by atoms with van der Waals surface area (Å²) in [7, 11) is 0. The highest BCUT2D eigenvalue weighted by atomic mass is 32.1. The first-order valence-corrected chi connectivity index (χ1v) is 12.9. The lowest BCUT2D eigenvalue weighted by Crippen LogP contribution is -2.17. The number of carbonyl (C=O) groups excluding carboxylic acids is 2. The Morgan fingerprint density at radius 1 is 1.20 bits per heavy atom. The maximum atomic E-state index is 13.8. The molecular weight excluding hydrogens is 544 g/mol. The SMILES string of the molecule is CCn1ncc(-c2cc(C(F)F)nc3sc(C(N)=O)c(NC(=O)c4cc(-c5ccc6c(c5)OCO6)n[nH]4)c23)c1C. The van der Waals surface area contributed by atoms with E-state index in [9.17, 15) is 18.4 Å². The van der Waals surface area contributed by atoms with Crippen LogP contribution in [0.25, 0.3) is 32.6 Å². The summed E-state index contributed by atoms with van der Waals surface area (Å²) in [5, 5.41) is 14.3. The third-order valence-corrected chi connectivity index (χ3v) is 7.65. The van der Waals surface area contributed by atoms with Gasteiger partial charge in [-0.3, -0.25) is 19.4 Å². The number of thiophene rings is 1. The molecule has 0 aliphatic carbocycles. The predicted octanol–water partition coefficient (Wildman–Crippen LogP) is 4.90. The lowest BCUT2D eigenvalue weighted by atomic mass is 10.0. The van der Waals surface area contributed by atoms with Gasteiger partial charge in [-0.1, -0.05) is 0 Å². The van der Waals surface area contributed by atoms with Crippen LogP contribution < -0.4 is 20.5 Å². The molecule has 1 aromatic carbocycles. The van der Waals surface area contributed by atoms with Crippen molar-refractivity contribution in [3.63, 3.8) is 0 Å². The van der Waals surface area contributed by atoms with E-state index in [2.05, 4.69) is 25.6 Å². The number of amides is 2. The molecule has 4 aromatic heterocycles. The van der Waals surface area contributed by atoms with Crippen molar-refractivity contribution < 1.29 is 27.8 Å². The number of fused-ring (bicyclic) bond motifs is 2. The quantitative estimate of drug-likeness (QED) is 0.254. The second-order valence-corrected chi connectivity index (χ2v) is 9.89. The number of nitrogens with two attached hydrogens (primary N) is 1. The molecule has 0 radical (unpaired) electrons. The molecule has 0 saturated carbocycles. The first kappa shape index (κ1) is 25.4. The van der Waals surface area contributed by atoms with Gasteiger partial charge in [-0.05, 0) is 49.7 Å². The van der Waals surface area contributed by atoms with Gasteiger partial charge in [0.2, 0.25) is 6.79 Å². The fourth-order valence-corrected chi connectivity index (χ4v) is 5.60. The van der Waals surface area contributed by atoms with E-state index in [-0.39, 0.29) is 27.9 Å². The highest BCUT2D eigenvalue weighted by molar-refractivity contribution is 7.21. The van der Waals surface area contributed by atoms with Crippen LogP contribution >= 0.6 is 11.3 Å². The number of rotatable bonds is 7. The number of carbonyl (C=O) groups is 2. The molecule has 0 spiro atoms. The van der Waals surface area contributed by atoms with E-state index in [1.54, 1.807) is 29.1 Å². The monoisotopic (exact) mass is 565 g/mol. The van der Waals surface area contributed by atoms with Gasteiger partial charge in [0.1, 0.15) is 21.1 Å². The summed E-state index contributed by atoms with van der Waals surface area (Å²) in [6.45, 7) is 4.40. The Kier molecular flexibility index (Phi) is 6.18. The van der Waals surface area contributed by atoms with Gasteiger partial charge in [0, 0.05) is 28.8 Å². The summed E-state index contributed by atoms with van der Waals surface area (Å²) in [5.74, 6) is -0.284. The average Bonchev–Trinajstić information content (AvgIpc) is 3.73. The number of aromatic nitrogens is 5. The molecule has 204 valence electrons. The van der Waals surface area contributed by atoms with E-state index in [1.165, 1.54) is 12.1 Å². The molecule has 0 atom stereocenters. The molecular formula is C26H21F2N7O4S. The van der Waals surface area contributed by atoms with Crippen LogP contribution in [-0.4, -0.2) is 43.6 Å². The van der Waals surface area contributed by atoms with Crippen molar-refractivity contribution in [3.05, 3.63) is 58.5 Å². The number of aryl methyl sites for hydroxylation is 1. The maximum absolute atomic E-state index is 13.8. The van der Waals surface area contributed by atoms with Crippen LogP contribution in [0.2, 0.25) is 0 Å². The van der Waals surface area contributed by atoms with Crippen molar-refractivity contribution in [3.8, 4) is 33.9 Å². The number of ether oxygens (including phenoxy) is 2. The number of H-pyrrole nitrogens is 1. The Bertz CT molecular complexity index is 1810. The predicted molar refractivity (Wildman–Crippen MR) is 143 cm³/mol. The average molecular weight is 566 g/mol. The number of nitrogens with zero attached hydrogens (tertiary/aromatic N) is 4. The molecule has 5 aromatic rings. The third-order valence-electron chi connectivity index (χ3n) is 6.55. The minimum atomic E-state index is -2.86. The first-order valence-electron chi connectivity index (χ1n) is 12.1. The van der Waals surface area contributed by atoms with Crippen molar-refractivity contribution in [1.29, 1.82) is 0 Å². The molecule has 0 unspecified atom stereocenters. The Hall–Kier alpha value is -4.85. The van der Waals surface area contributed by atoms with Crippen LogP contribution in [0.3, 0.4) is 0 Å². The molecule has 1 aliphatic heterocycles. The van der Waals surface area contributed by atoms with Crippen LogP contribution in [0.1, 0.15) is 44.9 Å². The van der Waals surface area contributed by atoms with Crippen molar-refractivity contribution >= 4 is 39.1 Å². The van der Waals surface area contributed by atoms with Crippen LogP contribution in [-0.2, 0) is 6.54 Å². The Morgan fingerprint density at radius 2 is 2.00 bits per heavy atom. The molecule has 11 nitrogen and oxygen atoms in total. The van der Waals surface area contributed by atoms with E-state index in [4.69, 9.17) is 15.2 Å². The van der Waals surface area contributed by atoms with Crippen molar-refractivity contribution in [2.45, 2.75) is 26.8 Å². The number of anilines is 1. The van der Waals surface area contributed by atoms with Gasteiger partial charge in [-0.15, -0.1) is 11.3 Å². The number of hydrogen-bond donors (Lipinski definition) is 3. The first-order chi connectivity index (χ1) is 19.2. The Morgan fingerprint density at radius 3 is 2.73 bits per heavy atom. The van der Waals surface area contributed by atoms with E-state index < -0.39 is 23.9 Å². The number of benzene rings is 1. The summed E-state index contributed by atoms with van der Waals surface area (Å²) in [4.78, 5) is 30.0. The molecule has 6 rings (SSSR count). The van der Waals surface area contributed by atoms with Gasteiger partial charge in [0.05, 0.1) is 17.6 Å². The van der Waals surface area contributed by atoms with Crippen LogP contribution in [0, 0.1) is 6.92 Å². The Balaban J connectivity index is 1.43. The summed E-state index contributed by atoms with van der Waals surface area (Å²) in [6.07, 6.45) is -1.30. The number of nitrogens with one attached hydrogen (secondary N) is 2. The van der Waals surface area contributed by atoms with E-state index >= 15 is 0 Å². The zero-order valence-electron chi connectivity index (χ0n) is 21.1. The van der Waals surface area contributed by atoms with Crippen molar-refractivity contribution in [1.82, 2.24) is 25.0 Å². The maximum Gasteiger partial charge on any atom is 0.280 e. The highest BCUT2D eigenvalue weighted by Gasteiger charge is 2.27. The summed E-state index contributed by atoms with van der Waals surface area (Å²) < 4.78 is 40.1. The zero-order chi connectivity index (χ0) is 28.1. The molecule has 1 aliphatic rings. The minimum Gasteiger partial charge on any atom is -0.454 e. The van der Waals surface area contributed by atoms with E-state index in [1.807, 2.05) is 13.8 Å². The van der Waals surface area contributed by atoms with E-state index in [0.717, 1.165) is 17.0 Å². The fourth-order valence-electron chi connectivity index (χ4n) is 4.59. The second-order valence-electron chi connectivity index (χ2n) is 8.89. The van der Waals surface area contributed by atoms with Gasteiger partial charge >= 0.3 is 0 Å². The molecule has 0 saturated heterocycles. The molecule has 4 N–H and O–H groups in total. The highest BCUT2D eigenvalue weighted by Crippen LogP contribution is 2.43. The summed E-state index contributed by atoms with van der Waals surface area (Å²) in [6, 6.07) is 8.05. The smallest absolute Gasteiger partial charge is 0.280 e. The standard InChI is InChI=1S/C26H21F2N7O4S/c1-3-35-11(2)14(9-30-35)13-7-16(23(27)28)31-26-20(13)21(22(40-26)24(29)36)32-25(37)17-8-15(33-34-17)12-4-5-18-19(6-12)39-10-38-18/h4-9,23H,3,10H2,1-2H3,(H2,29,36)(H,32,37)(H,33,34). The normalized spacial score (nSPS) is 12.4. The minimum absolute atomic E-state index is 0.0282. The van der Waals surface area contributed by atoms with E-state index in [0.29, 0.717) is 45.8 Å². The van der Waals surface area contributed by atoms with Crippen molar-refractivity contribution in [2.24, 2.45) is 5.73 Å². The van der Waals surface area contributed by atoms with Gasteiger partial charge < -0.3 is 20.5 Å². The number of hydrogen-bond acceptors (Lipinski definition) is 8. The fraction of sp³-hybridized carbons (Fsp3) is 0.192.